The van der Waals surface area contributed by atoms with Gasteiger partial charge in [0.25, 0.3) is 0 Å². The summed E-state index contributed by atoms with van der Waals surface area (Å²) < 4.78 is 2.11. The minimum Gasteiger partial charge on any atom is -0.388 e. The van der Waals surface area contributed by atoms with Gasteiger partial charge in [-0.3, -0.25) is 9.78 Å². The number of fused-ring (bicyclic) bond motifs is 3. The molecule has 0 aromatic carbocycles. The third kappa shape index (κ3) is 2.48. The maximum Gasteiger partial charge on any atom is 0.226 e. The van der Waals surface area contributed by atoms with Crippen molar-refractivity contribution in [2.75, 3.05) is 0 Å². The number of carbonyl (C=O) groups excluding carboxylic acids is 1. The molecule has 5 heteroatoms. The molecule has 2 aliphatic heterocycles. The molecule has 1 amide bonds. The summed E-state index contributed by atoms with van der Waals surface area (Å²) in [5.41, 5.74) is 0.327. The summed E-state index contributed by atoms with van der Waals surface area (Å²) in [7, 11) is 0. The van der Waals surface area contributed by atoms with Crippen molar-refractivity contribution in [3.05, 3.63) is 30.7 Å². The molecule has 0 radical (unpaired) electrons. The highest BCUT2D eigenvalue weighted by Crippen LogP contribution is 2.47. The van der Waals surface area contributed by atoms with Crippen molar-refractivity contribution in [3.8, 4) is 0 Å². The van der Waals surface area contributed by atoms with E-state index in [1.54, 1.807) is 6.20 Å². The van der Waals surface area contributed by atoms with Crippen LogP contribution in [0.1, 0.15) is 39.0 Å². The quantitative estimate of drug-likeness (QED) is 0.935. The van der Waals surface area contributed by atoms with Crippen LogP contribution in [0.4, 0.5) is 0 Å². The predicted octanol–water partition coefficient (Wildman–Crippen LogP) is 2.58. The molecule has 2 bridgehead atoms. The Labute approximate surface area is 147 Å². The standard InChI is InChI=1S/C20H25N3O2/c1-13-8-17(13)19(24)23-15-2-3-16(23)10-20(25,9-15)12-22-7-5-14-4-6-21-11-18(14)22/h4-7,11,13,15-17,25H,2-3,8-10,12H2,1H3. The molecule has 1 saturated carbocycles. The van der Waals surface area contributed by atoms with Gasteiger partial charge in [0.2, 0.25) is 5.91 Å². The topological polar surface area (TPSA) is 58.4 Å². The lowest BCUT2D eigenvalue weighted by molar-refractivity contribution is -0.143. The van der Waals surface area contributed by atoms with Crippen molar-refractivity contribution in [1.82, 2.24) is 14.5 Å². The van der Waals surface area contributed by atoms with Gasteiger partial charge in [-0.05, 0) is 50.2 Å². The minimum absolute atomic E-state index is 0.212. The van der Waals surface area contributed by atoms with E-state index in [9.17, 15) is 9.90 Å². The van der Waals surface area contributed by atoms with Crippen molar-refractivity contribution in [2.45, 2.75) is 63.3 Å². The van der Waals surface area contributed by atoms with Gasteiger partial charge in [-0.1, -0.05) is 6.92 Å². The fourth-order valence-corrected chi connectivity index (χ4v) is 5.15. The third-order valence-corrected chi connectivity index (χ3v) is 6.57. The van der Waals surface area contributed by atoms with E-state index in [1.165, 1.54) is 0 Å². The molecule has 4 heterocycles. The fraction of sp³-hybridized carbons (Fsp3) is 0.600. The number of piperidine rings is 1. The molecule has 5 nitrogen and oxygen atoms in total. The number of rotatable bonds is 3. The monoisotopic (exact) mass is 339 g/mol. The molecule has 3 fully saturated rings. The van der Waals surface area contributed by atoms with E-state index in [0.29, 0.717) is 31.2 Å². The Kier molecular flexibility index (Phi) is 3.26. The lowest BCUT2D eigenvalue weighted by Crippen LogP contribution is -2.55. The summed E-state index contributed by atoms with van der Waals surface area (Å²) in [5, 5.41) is 12.5. The average molecular weight is 339 g/mol. The van der Waals surface area contributed by atoms with Crippen LogP contribution in [-0.2, 0) is 11.3 Å². The van der Waals surface area contributed by atoms with Crippen LogP contribution in [0.3, 0.4) is 0 Å². The van der Waals surface area contributed by atoms with Crippen molar-refractivity contribution >= 4 is 16.8 Å². The zero-order chi connectivity index (χ0) is 17.2. The van der Waals surface area contributed by atoms with E-state index in [2.05, 4.69) is 27.4 Å². The highest BCUT2D eigenvalue weighted by atomic mass is 16.3. The molecule has 2 aromatic heterocycles. The molecule has 1 N–H and O–H groups in total. The van der Waals surface area contributed by atoms with Gasteiger partial charge in [0.15, 0.2) is 0 Å². The van der Waals surface area contributed by atoms with Crippen molar-refractivity contribution < 1.29 is 9.90 Å². The summed E-state index contributed by atoms with van der Waals surface area (Å²) in [6.07, 6.45) is 10.2. The Balaban J connectivity index is 1.37. The highest BCUT2D eigenvalue weighted by molar-refractivity contribution is 5.82. The summed E-state index contributed by atoms with van der Waals surface area (Å²) in [6, 6.07) is 4.49. The number of pyridine rings is 1. The predicted molar refractivity (Wildman–Crippen MR) is 94.8 cm³/mol. The molecule has 0 spiro atoms. The van der Waals surface area contributed by atoms with E-state index in [4.69, 9.17) is 0 Å². The largest absolute Gasteiger partial charge is 0.388 e. The third-order valence-electron chi connectivity index (χ3n) is 6.57. The van der Waals surface area contributed by atoms with Gasteiger partial charge in [0.05, 0.1) is 23.9 Å². The smallest absolute Gasteiger partial charge is 0.226 e. The number of nitrogens with zero attached hydrogens (tertiary/aromatic N) is 3. The Morgan fingerprint density at radius 3 is 2.72 bits per heavy atom. The molecule has 2 aromatic rings. The van der Waals surface area contributed by atoms with Gasteiger partial charge in [-0.25, -0.2) is 0 Å². The molecular weight excluding hydrogens is 314 g/mol. The minimum atomic E-state index is -0.737. The number of carbonyl (C=O) groups is 1. The first-order valence-corrected chi connectivity index (χ1v) is 9.47. The molecule has 2 saturated heterocycles. The van der Waals surface area contributed by atoms with E-state index in [-0.39, 0.29) is 18.0 Å². The Hall–Kier alpha value is -1.88. The van der Waals surface area contributed by atoms with E-state index in [0.717, 1.165) is 30.2 Å². The average Bonchev–Trinajstić information content (AvgIpc) is 3.08. The fourth-order valence-electron chi connectivity index (χ4n) is 5.15. The summed E-state index contributed by atoms with van der Waals surface area (Å²) in [6.45, 7) is 2.74. The van der Waals surface area contributed by atoms with Crippen molar-refractivity contribution in [3.63, 3.8) is 0 Å². The van der Waals surface area contributed by atoms with Gasteiger partial charge in [0, 0.05) is 35.8 Å². The highest BCUT2D eigenvalue weighted by Gasteiger charge is 2.53. The first-order chi connectivity index (χ1) is 12.0. The first-order valence-electron chi connectivity index (χ1n) is 9.47. The van der Waals surface area contributed by atoms with Crippen LogP contribution in [0.5, 0.6) is 0 Å². The molecule has 25 heavy (non-hydrogen) atoms. The second-order valence-electron chi connectivity index (χ2n) is 8.46. The maximum absolute atomic E-state index is 12.8. The van der Waals surface area contributed by atoms with Gasteiger partial charge < -0.3 is 14.6 Å². The van der Waals surface area contributed by atoms with Gasteiger partial charge in [0.1, 0.15) is 0 Å². The summed E-state index contributed by atoms with van der Waals surface area (Å²) in [5.74, 6) is 1.14. The van der Waals surface area contributed by atoms with Crippen molar-refractivity contribution in [2.24, 2.45) is 11.8 Å². The zero-order valence-corrected chi connectivity index (χ0v) is 14.6. The Morgan fingerprint density at radius 1 is 1.32 bits per heavy atom. The van der Waals surface area contributed by atoms with Crippen LogP contribution >= 0.6 is 0 Å². The lowest BCUT2D eigenvalue weighted by atomic mass is 9.85. The number of aliphatic hydroxyl groups is 1. The Morgan fingerprint density at radius 2 is 2.04 bits per heavy atom. The van der Waals surface area contributed by atoms with Crippen LogP contribution < -0.4 is 0 Å². The molecular formula is C20H25N3O2. The normalized spacial score (nSPS) is 36.8. The number of hydrogen-bond donors (Lipinski definition) is 1. The second kappa shape index (κ2) is 5.31. The molecule has 5 rings (SSSR count). The summed E-state index contributed by atoms with van der Waals surface area (Å²) >= 11 is 0. The molecule has 132 valence electrons. The number of aromatic nitrogens is 2. The Bertz CT molecular complexity index is 815. The van der Waals surface area contributed by atoms with Crippen LogP contribution in [0.2, 0.25) is 0 Å². The van der Waals surface area contributed by atoms with E-state index < -0.39 is 5.60 Å². The van der Waals surface area contributed by atoms with Crippen molar-refractivity contribution in [1.29, 1.82) is 0 Å². The molecule has 4 atom stereocenters. The molecule has 1 aliphatic carbocycles. The van der Waals surface area contributed by atoms with Gasteiger partial charge >= 0.3 is 0 Å². The second-order valence-corrected chi connectivity index (χ2v) is 8.46. The van der Waals surface area contributed by atoms with E-state index in [1.807, 2.05) is 18.5 Å². The van der Waals surface area contributed by atoms with Gasteiger partial charge in [-0.15, -0.1) is 0 Å². The number of hydrogen-bond acceptors (Lipinski definition) is 3. The molecule has 4 unspecified atom stereocenters. The maximum atomic E-state index is 12.8. The van der Waals surface area contributed by atoms with Gasteiger partial charge in [-0.2, -0.15) is 0 Å². The SMILES string of the molecule is CC1CC1C(=O)N1C2CCC1CC(O)(Cn1ccc3ccncc31)C2. The zero-order valence-electron chi connectivity index (χ0n) is 14.6. The van der Waals surface area contributed by atoms with Crippen LogP contribution in [0.15, 0.2) is 30.7 Å². The number of amides is 1. The van der Waals surface area contributed by atoms with Crippen LogP contribution in [0, 0.1) is 11.8 Å². The molecule has 3 aliphatic rings. The van der Waals surface area contributed by atoms with E-state index >= 15 is 0 Å². The van der Waals surface area contributed by atoms with Crippen LogP contribution in [0.25, 0.3) is 10.9 Å². The summed E-state index contributed by atoms with van der Waals surface area (Å²) in [4.78, 5) is 19.1. The first kappa shape index (κ1) is 15.4. The van der Waals surface area contributed by atoms with Crippen LogP contribution in [-0.4, -0.2) is 43.1 Å². The lowest BCUT2D eigenvalue weighted by Gasteiger charge is -2.44.